The molecule has 2 aliphatic carbocycles. The van der Waals surface area contributed by atoms with Crippen molar-refractivity contribution in [3.8, 4) is 0 Å². The fraction of sp³-hybridized carbons (Fsp3) is 0.778. The van der Waals surface area contributed by atoms with Gasteiger partial charge in [-0.15, -0.1) is 0 Å². The largest absolute Gasteiger partial charge is 0.241 e. The molecule has 2 fully saturated rings. The quantitative estimate of drug-likeness (QED) is 0.295. The van der Waals surface area contributed by atoms with Gasteiger partial charge in [0.15, 0.2) is 0 Å². The minimum absolute atomic E-state index is 0.582. The molecule has 162 valence electrons. The van der Waals surface area contributed by atoms with Crippen molar-refractivity contribution >= 4 is 0 Å². The third-order valence-corrected chi connectivity index (χ3v) is 7.44. The molecule has 0 N–H and O–H groups in total. The van der Waals surface area contributed by atoms with Gasteiger partial charge in [0.05, 0.1) is 0 Å². The molecule has 0 spiro atoms. The van der Waals surface area contributed by atoms with Crippen LogP contribution in [-0.4, -0.2) is 9.97 Å². The summed E-state index contributed by atoms with van der Waals surface area (Å²) < 4.78 is 0. The molecule has 2 saturated carbocycles. The lowest BCUT2D eigenvalue weighted by atomic mass is 9.78. The number of hydrogen-bond donors (Lipinski definition) is 0. The summed E-state index contributed by atoms with van der Waals surface area (Å²) in [6.45, 7) is 4.55. The number of rotatable bonds is 10. The SMILES string of the molecule is CCCCCC1CCC(/C=C/C2CCC(c3ncc(CCCC)cn3)CC2)CC1. The van der Waals surface area contributed by atoms with Crippen molar-refractivity contribution in [3.05, 3.63) is 35.9 Å². The molecule has 1 heterocycles. The van der Waals surface area contributed by atoms with Gasteiger partial charge in [-0.1, -0.05) is 58.1 Å². The van der Waals surface area contributed by atoms with Gasteiger partial charge in [0, 0.05) is 18.3 Å². The Balaban J connectivity index is 1.35. The van der Waals surface area contributed by atoms with E-state index in [2.05, 4.69) is 38.4 Å². The third-order valence-electron chi connectivity index (χ3n) is 7.44. The van der Waals surface area contributed by atoms with Gasteiger partial charge in [0.1, 0.15) is 5.82 Å². The van der Waals surface area contributed by atoms with E-state index in [4.69, 9.17) is 9.97 Å². The highest BCUT2D eigenvalue weighted by molar-refractivity contribution is 5.09. The number of unbranched alkanes of at least 4 members (excludes halogenated alkanes) is 3. The lowest BCUT2D eigenvalue weighted by molar-refractivity contribution is 0.287. The average Bonchev–Trinajstić information content (AvgIpc) is 2.78. The maximum absolute atomic E-state index is 4.70. The summed E-state index contributed by atoms with van der Waals surface area (Å²) in [6, 6.07) is 0. The Labute approximate surface area is 180 Å². The predicted molar refractivity (Wildman–Crippen MR) is 124 cm³/mol. The summed E-state index contributed by atoms with van der Waals surface area (Å²) in [5, 5.41) is 0. The summed E-state index contributed by atoms with van der Waals surface area (Å²) >= 11 is 0. The minimum Gasteiger partial charge on any atom is -0.241 e. The first kappa shape index (κ1) is 22.5. The second-order valence-electron chi connectivity index (χ2n) is 9.83. The zero-order valence-electron chi connectivity index (χ0n) is 19.1. The van der Waals surface area contributed by atoms with Gasteiger partial charge >= 0.3 is 0 Å². The number of allylic oxidation sites excluding steroid dienone is 2. The van der Waals surface area contributed by atoms with Crippen LogP contribution in [0.3, 0.4) is 0 Å². The fourth-order valence-electron chi connectivity index (χ4n) is 5.32. The first-order chi connectivity index (χ1) is 14.3. The number of hydrogen-bond acceptors (Lipinski definition) is 2. The molecule has 2 nitrogen and oxygen atoms in total. The predicted octanol–water partition coefficient (Wildman–Crippen LogP) is 8.04. The lowest BCUT2D eigenvalue weighted by Gasteiger charge is -2.28. The van der Waals surface area contributed by atoms with E-state index in [0.717, 1.165) is 30.0 Å². The van der Waals surface area contributed by atoms with E-state index < -0.39 is 0 Å². The summed E-state index contributed by atoms with van der Waals surface area (Å²) in [5.74, 6) is 4.34. The molecule has 29 heavy (non-hydrogen) atoms. The molecule has 2 heteroatoms. The molecule has 0 aliphatic heterocycles. The zero-order chi connectivity index (χ0) is 20.3. The van der Waals surface area contributed by atoms with Crippen molar-refractivity contribution in [2.24, 2.45) is 17.8 Å². The second kappa shape index (κ2) is 12.5. The van der Waals surface area contributed by atoms with Crippen LogP contribution in [-0.2, 0) is 6.42 Å². The van der Waals surface area contributed by atoms with Crippen molar-refractivity contribution in [1.82, 2.24) is 9.97 Å². The van der Waals surface area contributed by atoms with Crippen LogP contribution in [0.4, 0.5) is 0 Å². The molecule has 0 amide bonds. The smallest absolute Gasteiger partial charge is 0.131 e. The maximum atomic E-state index is 4.70. The van der Waals surface area contributed by atoms with Crippen LogP contribution < -0.4 is 0 Å². The van der Waals surface area contributed by atoms with Crippen LogP contribution in [0.1, 0.15) is 121 Å². The van der Waals surface area contributed by atoms with Gasteiger partial charge < -0.3 is 0 Å². The van der Waals surface area contributed by atoms with E-state index in [-0.39, 0.29) is 0 Å². The van der Waals surface area contributed by atoms with Crippen LogP contribution in [0.15, 0.2) is 24.5 Å². The minimum atomic E-state index is 0.582. The summed E-state index contributed by atoms with van der Waals surface area (Å²) in [6.07, 6.45) is 29.6. The fourth-order valence-corrected chi connectivity index (χ4v) is 5.32. The number of aromatic nitrogens is 2. The molecule has 1 aromatic rings. The highest BCUT2D eigenvalue weighted by atomic mass is 14.9. The summed E-state index contributed by atoms with van der Waals surface area (Å²) in [7, 11) is 0. The molecular weight excluding hydrogens is 352 g/mol. The highest BCUT2D eigenvalue weighted by Gasteiger charge is 2.24. The van der Waals surface area contributed by atoms with Crippen LogP contribution in [0.5, 0.6) is 0 Å². The van der Waals surface area contributed by atoms with Crippen LogP contribution in [0.25, 0.3) is 0 Å². The third kappa shape index (κ3) is 7.54. The van der Waals surface area contributed by atoms with E-state index in [1.54, 1.807) is 0 Å². The van der Waals surface area contributed by atoms with Crippen molar-refractivity contribution in [3.63, 3.8) is 0 Å². The zero-order valence-corrected chi connectivity index (χ0v) is 19.1. The topological polar surface area (TPSA) is 25.8 Å². The Morgan fingerprint density at radius 1 is 0.759 bits per heavy atom. The Morgan fingerprint density at radius 3 is 1.93 bits per heavy atom. The molecule has 2 aliphatic rings. The Bertz CT molecular complexity index is 575. The molecule has 0 unspecified atom stereocenters. The van der Waals surface area contributed by atoms with Gasteiger partial charge in [-0.25, -0.2) is 9.97 Å². The molecule has 0 saturated heterocycles. The number of aryl methyl sites for hydroxylation is 1. The first-order valence-electron chi connectivity index (χ1n) is 12.8. The van der Waals surface area contributed by atoms with Crippen molar-refractivity contribution in [1.29, 1.82) is 0 Å². The number of nitrogens with zero attached hydrogens (tertiary/aromatic N) is 2. The average molecular weight is 397 g/mol. The van der Waals surface area contributed by atoms with E-state index in [9.17, 15) is 0 Å². The van der Waals surface area contributed by atoms with Crippen LogP contribution in [0, 0.1) is 17.8 Å². The monoisotopic (exact) mass is 396 g/mol. The van der Waals surface area contributed by atoms with Crippen LogP contribution >= 0.6 is 0 Å². The molecule has 0 atom stereocenters. The van der Waals surface area contributed by atoms with Gasteiger partial charge in [-0.3, -0.25) is 0 Å². The Kier molecular flexibility index (Phi) is 9.70. The maximum Gasteiger partial charge on any atom is 0.131 e. The van der Waals surface area contributed by atoms with E-state index in [1.165, 1.54) is 95.5 Å². The van der Waals surface area contributed by atoms with Crippen molar-refractivity contribution < 1.29 is 0 Å². The highest BCUT2D eigenvalue weighted by Crippen LogP contribution is 2.36. The van der Waals surface area contributed by atoms with E-state index in [0.29, 0.717) is 5.92 Å². The molecule has 1 aromatic heterocycles. The molecule has 0 aromatic carbocycles. The van der Waals surface area contributed by atoms with E-state index in [1.807, 2.05) is 0 Å². The van der Waals surface area contributed by atoms with Gasteiger partial charge in [0.25, 0.3) is 0 Å². The molecule has 0 bridgehead atoms. The van der Waals surface area contributed by atoms with Crippen molar-refractivity contribution in [2.75, 3.05) is 0 Å². The van der Waals surface area contributed by atoms with Gasteiger partial charge in [0.2, 0.25) is 0 Å². The normalized spacial score (nSPS) is 28.1. The van der Waals surface area contributed by atoms with E-state index >= 15 is 0 Å². The van der Waals surface area contributed by atoms with Crippen LogP contribution in [0.2, 0.25) is 0 Å². The van der Waals surface area contributed by atoms with Crippen molar-refractivity contribution in [2.45, 2.75) is 116 Å². The molecule has 0 radical (unpaired) electrons. The Hall–Kier alpha value is -1.18. The molecular formula is C27H44N2. The second-order valence-corrected chi connectivity index (χ2v) is 9.83. The van der Waals surface area contributed by atoms with Gasteiger partial charge in [-0.2, -0.15) is 0 Å². The molecule has 3 rings (SSSR count). The lowest BCUT2D eigenvalue weighted by Crippen LogP contribution is -2.15. The standard InChI is InChI=1S/C27H44N2/c1-3-5-7-9-22-10-12-23(13-11-22)14-15-24-16-18-26(19-17-24)27-28-20-25(21-29-27)8-6-4-2/h14-15,20-24,26H,3-13,16-19H2,1-2H3/b15-14+. The van der Waals surface area contributed by atoms with Gasteiger partial charge in [-0.05, 0) is 87.5 Å². The first-order valence-corrected chi connectivity index (χ1v) is 12.8. The summed E-state index contributed by atoms with van der Waals surface area (Å²) in [5.41, 5.74) is 1.30. The Morgan fingerprint density at radius 2 is 1.34 bits per heavy atom. The summed E-state index contributed by atoms with van der Waals surface area (Å²) in [4.78, 5) is 9.41.